The van der Waals surface area contributed by atoms with Crippen molar-refractivity contribution in [2.24, 2.45) is 5.73 Å². The van der Waals surface area contributed by atoms with Crippen LogP contribution in [0.4, 0.5) is 0 Å². The van der Waals surface area contributed by atoms with E-state index in [1.807, 2.05) is 0 Å². The molecule has 0 saturated heterocycles. The van der Waals surface area contributed by atoms with E-state index in [0.717, 1.165) is 10.9 Å². The van der Waals surface area contributed by atoms with Crippen LogP contribution in [-0.4, -0.2) is 0 Å². The number of hydrogen-bond acceptors (Lipinski definition) is 1. The monoisotopic (exact) mass is 305 g/mol. The first kappa shape index (κ1) is 13.6. The number of nitrogens with two attached hydrogens (primary N) is 1. The van der Waals surface area contributed by atoms with E-state index < -0.39 is 0 Å². The molecular weight excluding hydrogens is 286 g/mol. The fraction of sp³-hybridized carbons (Fsp3) is 0.375. The van der Waals surface area contributed by atoms with Gasteiger partial charge in [-0.3, -0.25) is 0 Å². The molecule has 2 heteroatoms. The number of rotatable bonds is 5. The molecule has 2 aromatic rings. The molecule has 0 aliphatic carbocycles. The molecule has 0 aliphatic heterocycles. The molecule has 2 N–H and O–H groups in total. The van der Waals surface area contributed by atoms with Crippen LogP contribution < -0.4 is 5.73 Å². The molecule has 0 aromatic heterocycles. The average Bonchev–Trinajstić information content (AvgIpc) is 2.39. The minimum absolute atomic E-state index is 0.148. The summed E-state index contributed by atoms with van der Waals surface area (Å²) in [6.07, 6.45) is 4.79. The molecule has 0 radical (unpaired) electrons. The van der Waals surface area contributed by atoms with Gasteiger partial charge in [0.1, 0.15) is 0 Å². The number of fused-ring (bicyclic) bond motifs is 1. The SMILES string of the molecule is CCCCCC(N)c1ccc(Br)c2ccccc12. The molecule has 0 spiro atoms. The smallest absolute Gasteiger partial charge is 0.0301 e. The Labute approximate surface area is 118 Å². The molecule has 0 aliphatic rings. The van der Waals surface area contributed by atoms with Crippen LogP contribution in [0.5, 0.6) is 0 Å². The molecule has 2 aromatic carbocycles. The Balaban J connectivity index is 2.30. The van der Waals surface area contributed by atoms with Crippen molar-refractivity contribution < 1.29 is 0 Å². The second-order valence-electron chi connectivity index (χ2n) is 4.78. The lowest BCUT2D eigenvalue weighted by molar-refractivity contribution is 0.584. The molecule has 0 heterocycles. The summed E-state index contributed by atoms with van der Waals surface area (Å²) in [5, 5.41) is 2.52. The molecule has 96 valence electrons. The lowest BCUT2D eigenvalue weighted by Crippen LogP contribution is -2.10. The van der Waals surface area contributed by atoms with Crippen molar-refractivity contribution in [2.75, 3.05) is 0 Å². The molecule has 2 rings (SSSR count). The van der Waals surface area contributed by atoms with Crippen molar-refractivity contribution in [3.05, 3.63) is 46.4 Å². The summed E-state index contributed by atoms with van der Waals surface area (Å²) < 4.78 is 1.14. The first-order valence-corrected chi connectivity index (χ1v) is 7.46. The summed E-state index contributed by atoms with van der Waals surface area (Å²) in [4.78, 5) is 0. The summed E-state index contributed by atoms with van der Waals surface area (Å²) >= 11 is 3.60. The summed E-state index contributed by atoms with van der Waals surface area (Å²) in [5.41, 5.74) is 7.61. The van der Waals surface area contributed by atoms with E-state index in [4.69, 9.17) is 5.73 Å². The zero-order valence-electron chi connectivity index (χ0n) is 10.8. The maximum atomic E-state index is 6.34. The van der Waals surface area contributed by atoms with Gasteiger partial charge in [0.25, 0.3) is 0 Å². The van der Waals surface area contributed by atoms with Crippen molar-refractivity contribution >= 4 is 26.7 Å². The Kier molecular flexibility index (Phi) is 4.79. The van der Waals surface area contributed by atoms with Gasteiger partial charge < -0.3 is 5.73 Å². The number of unbranched alkanes of at least 4 members (excludes halogenated alkanes) is 2. The number of halogens is 1. The third-order valence-corrected chi connectivity index (χ3v) is 4.11. The fourth-order valence-electron chi connectivity index (χ4n) is 2.38. The van der Waals surface area contributed by atoms with Crippen LogP contribution in [-0.2, 0) is 0 Å². The average molecular weight is 306 g/mol. The quantitative estimate of drug-likeness (QED) is 0.757. The van der Waals surface area contributed by atoms with E-state index in [-0.39, 0.29) is 6.04 Å². The largest absolute Gasteiger partial charge is 0.324 e. The van der Waals surface area contributed by atoms with Gasteiger partial charge in [-0.1, -0.05) is 72.4 Å². The van der Waals surface area contributed by atoms with Crippen LogP contribution in [0.25, 0.3) is 10.8 Å². The Morgan fingerprint density at radius 1 is 1.06 bits per heavy atom. The van der Waals surface area contributed by atoms with E-state index in [9.17, 15) is 0 Å². The second kappa shape index (κ2) is 6.35. The minimum atomic E-state index is 0.148. The van der Waals surface area contributed by atoms with E-state index in [0.29, 0.717) is 0 Å². The number of benzene rings is 2. The third-order valence-electron chi connectivity index (χ3n) is 3.42. The normalized spacial score (nSPS) is 12.8. The predicted octanol–water partition coefficient (Wildman–Crippen LogP) is 5.18. The van der Waals surface area contributed by atoms with Crippen LogP contribution >= 0.6 is 15.9 Å². The van der Waals surface area contributed by atoms with E-state index >= 15 is 0 Å². The fourth-order valence-corrected chi connectivity index (χ4v) is 2.86. The zero-order chi connectivity index (χ0) is 13.0. The van der Waals surface area contributed by atoms with E-state index in [2.05, 4.69) is 59.3 Å². The maximum absolute atomic E-state index is 6.34. The highest BCUT2D eigenvalue weighted by atomic mass is 79.9. The van der Waals surface area contributed by atoms with Crippen molar-refractivity contribution in [2.45, 2.75) is 38.6 Å². The van der Waals surface area contributed by atoms with Gasteiger partial charge in [-0.25, -0.2) is 0 Å². The van der Waals surface area contributed by atoms with Crippen molar-refractivity contribution in [1.29, 1.82) is 0 Å². The lowest BCUT2D eigenvalue weighted by Gasteiger charge is -2.15. The Morgan fingerprint density at radius 3 is 2.50 bits per heavy atom. The molecule has 1 unspecified atom stereocenters. The van der Waals surface area contributed by atoms with Crippen LogP contribution in [0.15, 0.2) is 40.9 Å². The van der Waals surface area contributed by atoms with Gasteiger partial charge >= 0.3 is 0 Å². The molecule has 1 atom stereocenters. The summed E-state index contributed by atoms with van der Waals surface area (Å²) in [6.45, 7) is 2.22. The Bertz CT molecular complexity index is 521. The van der Waals surface area contributed by atoms with Gasteiger partial charge in [0.05, 0.1) is 0 Å². The van der Waals surface area contributed by atoms with E-state index in [1.54, 1.807) is 0 Å². The lowest BCUT2D eigenvalue weighted by atomic mass is 9.96. The van der Waals surface area contributed by atoms with Crippen molar-refractivity contribution in [1.82, 2.24) is 0 Å². The molecule has 1 nitrogen and oxygen atoms in total. The first-order chi connectivity index (χ1) is 8.74. The van der Waals surface area contributed by atoms with Gasteiger partial charge in [0.2, 0.25) is 0 Å². The molecule has 0 saturated carbocycles. The summed E-state index contributed by atoms with van der Waals surface area (Å²) in [6, 6.07) is 12.9. The van der Waals surface area contributed by atoms with Gasteiger partial charge in [-0.2, -0.15) is 0 Å². The molecule has 0 fully saturated rings. The van der Waals surface area contributed by atoms with Gasteiger partial charge in [0.15, 0.2) is 0 Å². The minimum Gasteiger partial charge on any atom is -0.324 e. The first-order valence-electron chi connectivity index (χ1n) is 6.66. The summed E-state index contributed by atoms with van der Waals surface area (Å²) in [7, 11) is 0. The number of hydrogen-bond donors (Lipinski definition) is 1. The van der Waals surface area contributed by atoms with Crippen molar-refractivity contribution in [3.63, 3.8) is 0 Å². The standard InChI is InChI=1S/C16H20BrN/c1-2-3-4-9-16(18)14-10-11-15(17)13-8-6-5-7-12(13)14/h5-8,10-11,16H,2-4,9,18H2,1H3. The zero-order valence-corrected chi connectivity index (χ0v) is 12.4. The van der Waals surface area contributed by atoms with Crippen LogP contribution in [0.2, 0.25) is 0 Å². The van der Waals surface area contributed by atoms with Gasteiger partial charge in [0, 0.05) is 10.5 Å². The molecule has 0 bridgehead atoms. The van der Waals surface area contributed by atoms with Gasteiger partial charge in [-0.05, 0) is 28.8 Å². The van der Waals surface area contributed by atoms with E-state index in [1.165, 1.54) is 35.6 Å². The second-order valence-corrected chi connectivity index (χ2v) is 5.64. The van der Waals surface area contributed by atoms with Gasteiger partial charge in [-0.15, -0.1) is 0 Å². The predicted molar refractivity (Wildman–Crippen MR) is 82.7 cm³/mol. The molecule has 18 heavy (non-hydrogen) atoms. The Morgan fingerprint density at radius 2 is 1.78 bits per heavy atom. The third kappa shape index (κ3) is 2.93. The Hall–Kier alpha value is -0.860. The van der Waals surface area contributed by atoms with Crippen LogP contribution in [0.1, 0.15) is 44.2 Å². The van der Waals surface area contributed by atoms with Crippen molar-refractivity contribution in [3.8, 4) is 0 Å². The maximum Gasteiger partial charge on any atom is 0.0301 e. The highest BCUT2D eigenvalue weighted by Crippen LogP contribution is 2.31. The highest BCUT2D eigenvalue weighted by molar-refractivity contribution is 9.10. The highest BCUT2D eigenvalue weighted by Gasteiger charge is 2.10. The molecule has 0 amide bonds. The summed E-state index contributed by atoms with van der Waals surface area (Å²) in [5.74, 6) is 0. The topological polar surface area (TPSA) is 26.0 Å². The van der Waals surface area contributed by atoms with Crippen LogP contribution in [0, 0.1) is 0 Å². The van der Waals surface area contributed by atoms with Crippen LogP contribution in [0.3, 0.4) is 0 Å². The molecular formula is C16H20BrN.